The molecular weight excluding hydrogens is 292 g/mol. The zero-order valence-corrected chi connectivity index (χ0v) is 12.5. The Morgan fingerprint density at radius 3 is 2.81 bits per heavy atom. The molecule has 1 aromatic carbocycles. The molecule has 1 aromatic rings. The SMILES string of the molecule is COC(CNC(=O)/C=C1\Sc2ccccc2NC1=O)OC. The van der Waals surface area contributed by atoms with Gasteiger partial charge in [-0.05, 0) is 12.1 Å². The lowest BCUT2D eigenvalue weighted by molar-refractivity contribution is -0.123. The first kappa shape index (κ1) is 15.6. The fourth-order valence-electron chi connectivity index (χ4n) is 1.72. The van der Waals surface area contributed by atoms with Gasteiger partial charge in [-0.1, -0.05) is 23.9 Å². The number of ether oxygens (including phenoxy) is 2. The number of nitrogens with one attached hydrogen (secondary N) is 2. The molecule has 0 unspecified atom stereocenters. The maximum absolute atomic E-state index is 11.9. The second-order valence-corrected chi connectivity index (χ2v) is 5.29. The summed E-state index contributed by atoms with van der Waals surface area (Å²) in [5, 5.41) is 5.36. The summed E-state index contributed by atoms with van der Waals surface area (Å²) in [5.74, 6) is -0.657. The van der Waals surface area contributed by atoms with Crippen LogP contribution in [0.2, 0.25) is 0 Å². The number of carbonyl (C=O) groups excluding carboxylic acids is 2. The topological polar surface area (TPSA) is 76.7 Å². The number of methoxy groups -OCH3 is 2. The highest BCUT2D eigenvalue weighted by molar-refractivity contribution is 8.04. The van der Waals surface area contributed by atoms with Crippen LogP contribution in [-0.4, -0.2) is 38.9 Å². The number of fused-ring (bicyclic) bond motifs is 1. The molecule has 1 heterocycles. The van der Waals surface area contributed by atoms with Crippen molar-refractivity contribution in [2.24, 2.45) is 0 Å². The third-order valence-electron chi connectivity index (χ3n) is 2.81. The van der Waals surface area contributed by atoms with Crippen molar-refractivity contribution in [1.29, 1.82) is 0 Å². The summed E-state index contributed by atoms with van der Waals surface area (Å²) >= 11 is 1.26. The van der Waals surface area contributed by atoms with Gasteiger partial charge in [0.1, 0.15) is 0 Å². The molecule has 0 radical (unpaired) electrons. The van der Waals surface area contributed by atoms with E-state index in [1.165, 1.54) is 32.1 Å². The molecule has 7 heteroatoms. The summed E-state index contributed by atoms with van der Waals surface area (Å²) in [7, 11) is 2.97. The van der Waals surface area contributed by atoms with Crippen LogP contribution in [-0.2, 0) is 19.1 Å². The third-order valence-corrected chi connectivity index (χ3v) is 3.91. The Morgan fingerprint density at radius 1 is 1.38 bits per heavy atom. The van der Waals surface area contributed by atoms with E-state index in [1.54, 1.807) is 0 Å². The van der Waals surface area contributed by atoms with Gasteiger partial charge in [0.2, 0.25) is 5.91 Å². The normalized spacial score (nSPS) is 15.8. The Morgan fingerprint density at radius 2 is 2.10 bits per heavy atom. The first-order chi connectivity index (χ1) is 10.1. The van der Waals surface area contributed by atoms with Gasteiger partial charge in [0, 0.05) is 25.2 Å². The highest BCUT2D eigenvalue weighted by Crippen LogP contribution is 2.37. The number of rotatable bonds is 5. The molecule has 21 heavy (non-hydrogen) atoms. The second-order valence-electron chi connectivity index (χ2n) is 4.21. The van der Waals surface area contributed by atoms with Crippen molar-refractivity contribution in [3.63, 3.8) is 0 Å². The number of para-hydroxylation sites is 1. The molecule has 1 aliphatic heterocycles. The van der Waals surface area contributed by atoms with Gasteiger partial charge in [-0.25, -0.2) is 0 Å². The average molecular weight is 308 g/mol. The highest BCUT2D eigenvalue weighted by Gasteiger charge is 2.21. The summed E-state index contributed by atoms with van der Waals surface area (Å²) < 4.78 is 9.93. The quantitative estimate of drug-likeness (QED) is 0.634. The lowest BCUT2D eigenvalue weighted by Crippen LogP contribution is -2.33. The van der Waals surface area contributed by atoms with Crippen molar-refractivity contribution in [1.82, 2.24) is 5.32 Å². The molecule has 0 fully saturated rings. The van der Waals surface area contributed by atoms with Crippen molar-refractivity contribution >= 4 is 29.3 Å². The Kier molecular flexibility index (Phi) is 5.38. The molecule has 112 valence electrons. The van der Waals surface area contributed by atoms with E-state index in [-0.39, 0.29) is 18.4 Å². The van der Waals surface area contributed by atoms with Gasteiger partial charge in [0.15, 0.2) is 6.29 Å². The third kappa shape index (κ3) is 4.07. The molecule has 2 amide bonds. The zero-order valence-electron chi connectivity index (χ0n) is 11.7. The molecule has 2 rings (SSSR count). The van der Waals surface area contributed by atoms with Crippen LogP contribution in [0.5, 0.6) is 0 Å². The highest BCUT2D eigenvalue weighted by atomic mass is 32.2. The van der Waals surface area contributed by atoms with E-state index in [4.69, 9.17) is 9.47 Å². The Labute approximate surface area is 126 Å². The van der Waals surface area contributed by atoms with Gasteiger partial charge in [-0.3, -0.25) is 9.59 Å². The lowest BCUT2D eigenvalue weighted by atomic mass is 10.3. The number of hydrogen-bond acceptors (Lipinski definition) is 5. The molecule has 0 aliphatic carbocycles. The van der Waals surface area contributed by atoms with Crippen LogP contribution in [0.15, 0.2) is 40.1 Å². The molecule has 0 saturated carbocycles. The van der Waals surface area contributed by atoms with Crippen molar-refractivity contribution in [3.8, 4) is 0 Å². The number of hydrogen-bond donors (Lipinski definition) is 2. The molecular formula is C14H16N2O4S. The van der Waals surface area contributed by atoms with Gasteiger partial charge in [-0.2, -0.15) is 0 Å². The average Bonchev–Trinajstić information content (AvgIpc) is 2.49. The summed E-state index contributed by atoms with van der Waals surface area (Å²) in [5.41, 5.74) is 0.754. The number of anilines is 1. The largest absolute Gasteiger partial charge is 0.354 e. The Hall–Kier alpha value is -1.83. The Bertz CT molecular complexity index is 570. The van der Waals surface area contributed by atoms with E-state index in [9.17, 15) is 9.59 Å². The van der Waals surface area contributed by atoms with Crippen LogP contribution < -0.4 is 10.6 Å². The lowest BCUT2D eigenvalue weighted by Gasteiger charge is -2.18. The van der Waals surface area contributed by atoms with Crippen LogP contribution in [0.4, 0.5) is 5.69 Å². The van der Waals surface area contributed by atoms with Crippen LogP contribution in [0.3, 0.4) is 0 Å². The van der Waals surface area contributed by atoms with Crippen molar-refractivity contribution in [2.45, 2.75) is 11.2 Å². The maximum atomic E-state index is 11.9. The van der Waals surface area contributed by atoms with Gasteiger partial charge in [0.25, 0.3) is 5.91 Å². The van der Waals surface area contributed by atoms with Crippen LogP contribution in [0.1, 0.15) is 0 Å². The monoisotopic (exact) mass is 308 g/mol. The minimum atomic E-state index is -0.513. The van der Waals surface area contributed by atoms with E-state index in [0.29, 0.717) is 4.91 Å². The van der Waals surface area contributed by atoms with E-state index >= 15 is 0 Å². The van der Waals surface area contributed by atoms with Gasteiger partial charge >= 0.3 is 0 Å². The summed E-state index contributed by atoms with van der Waals surface area (Å²) in [6.07, 6.45) is 0.763. The molecule has 0 bridgehead atoms. The van der Waals surface area contributed by atoms with Gasteiger partial charge < -0.3 is 20.1 Å². The number of amides is 2. The summed E-state index contributed by atoms with van der Waals surface area (Å²) in [6.45, 7) is 0.207. The first-order valence-electron chi connectivity index (χ1n) is 6.27. The van der Waals surface area contributed by atoms with E-state index in [2.05, 4.69) is 10.6 Å². The molecule has 0 atom stereocenters. The molecule has 2 N–H and O–H groups in total. The minimum absolute atomic E-state index is 0.207. The summed E-state index contributed by atoms with van der Waals surface area (Å²) in [6, 6.07) is 7.43. The smallest absolute Gasteiger partial charge is 0.262 e. The van der Waals surface area contributed by atoms with Crippen LogP contribution in [0, 0.1) is 0 Å². The van der Waals surface area contributed by atoms with Crippen molar-refractivity contribution < 1.29 is 19.1 Å². The van der Waals surface area contributed by atoms with E-state index < -0.39 is 6.29 Å². The van der Waals surface area contributed by atoms with E-state index in [1.807, 2.05) is 24.3 Å². The summed E-state index contributed by atoms with van der Waals surface area (Å²) in [4.78, 5) is 25.0. The second kappa shape index (κ2) is 7.26. The predicted molar refractivity (Wildman–Crippen MR) is 79.8 cm³/mol. The molecule has 0 spiro atoms. The first-order valence-corrected chi connectivity index (χ1v) is 7.09. The number of thioether (sulfide) groups is 1. The van der Waals surface area contributed by atoms with Gasteiger partial charge in [-0.15, -0.1) is 0 Å². The minimum Gasteiger partial charge on any atom is -0.354 e. The number of benzene rings is 1. The number of carbonyl (C=O) groups is 2. The Balaban J connectivity index is 2.01. The fraction of sp³-hybridized carbons (Fsp3) is 0.286. The molecule has 0 saturated heterocycles. The standard InChI is InChI=1S/C14H16N2O4S/c1-19-13(20-2)8-15-12(17)7-11-14(18)16-9-5-3-4-6-10(9)21-11/h3-7,13H,8H2,1-2H3,(H,15,17)(H,16,18)/b11-7-. The van der Waals surface area contributed by atoms with Crippen molar-refractivity contribution in [2.75, 3.05) is 26.1 Å². The predicted octanol–water partition coefficient (Wildman–Crippen LogP) is 1.35. The zero-order chi connectivity index (χ0) is 15.2. The maximum Gasteiger partial charge on any atom is 0.262 e. The fourth-order valence-corrected chi connectivity index (χ4v) is 2.64. The van der Waals surface area contributed by atoms with E-state index in [0.717, 1.165) is 10.6 Å². The molecule has 0 aromatic heterocycles. The molecule has 1 aliphatic rings. The van der Waals surface area contributed by atoms with Crippen LogP contribution in [0.25, 0.3) is 0 Å². The molecule has 6 nitrogen and oxygen atoms in total. The van der Waals surface area contributed by atoms with Crippen molar-refractivity contribution in [3.05, 3.63) is 35.2 Å². The van der Waals surface area contributed by atoms with Crippen LogP contribution >= 0.6 is 11.8 Å². The van der Waals surface area contributed by atoms with Gasteiger partial charge in [0.05, 0.1) is 17.1 Å².